The van der Waals surface area contributed by atoms with Gasteiger partial charge in [-0.2, -0.15) is 0 Å². The number of nitrogens with zero attached hydrogens (tertiary/aromatic N) is 2. The molecule has 0 spiro atoms. The van der Waals surface area contributed by atoms with E-state index < -0.39 is 5.97 Å². The zero-order chi connectivity index (χ0) is 20.1. The Balaban J connectivity index is 2.20. The largest absolute Gasteiger partial charge is 0.478 e. The van der Waals surface area contributed by atoms with Gasteiger partial charge < -0.3 is 15.3 Å². The zero-order valence-electron chi connectivity index (χ0n) is 16.2. The topological polar surface area (TPSA) is 65.5 Å². The summed E-state index contributed by atoms with van der Waals surface area (Å²) in [5, 5.41) is 14.3. The number of benzene rings is 2. The number of carboxylic acids is 1. The number of hydrogen-bond donors (Lipinski definition) is 2. The smallest absolute Gasteiger partial charge is 0.337 e. The lowest BCUT2D eigenvalue weighted by Crippen LogP contribution is -2.15. The Morgan fingerprint density at radius 1 is 0.964 bits per heavy atom. The Kier molecular flexibility index (Phi) is 5.75. The van der Waals surface area contributed by atoms with Crippen LogP contribution < -0.4 is 20.7 Å². The van der Waals surface area contributed by atoms with Crippen LogP contribution in [0.25, 0.3) is 11.8 Å². The number of aromatic carboxylic acids is 1. The van der Waals surface area contributed by atoms with Crippen LogP contribution in [0.3, 0.4) is 0 Å². The maximum Gasteiger partial charge on any atom is 0.337 e. The van der Waals surface area contributed by atoms with Crippen LogP contribution in [0.15, 0.2) is 66.9 Å². The Morgan fingerprint density at radius 3 is 2.11 bits per heavy atom. The number of carboxylic acid groups (broad SMARTS) is 1. The molecule has 1 aromatic heterocycles. The van der Waals surface area contributed by atoms with Crippen LogP contribution in [-0.2, 0) is 0 Å². The predicted molar refractivity (Wildman–Crippen MR) is 113 cm³/mol. The minimum Gasteiger partial charge on any atom is -0.478 e. The molecule has 0 saturated carbocycles. The van der Waals surface area contributed by atoms with Gasteiger partial charge in [-0.15, -0.1) is 0 Å². The summed E-state index contributed by atoms with van der Waals surface area (Å²) in [5.41, 5.74) is 3.99. The van der Waals surface area contributed by atoms with E-state index in [2.05, 4.69) is 34.6 Å². The average Bonchev–Trinajstić information content (AvgIpc) is 2.70. The second-order valence-electron chi connectivity index (χ2n) is 6.61. The molecule has 0 aliphatic rings. The number of hydrogen-bond acceptors (Lipinski definition) is 4. The maximum absolute atomic E-state index is 11.2. The Morgan fingerprint density at radius 2 is 1.61 bits per heavy atom. The van der Waals surface area contributed by atoms with Crippen LogP contribution in [0.5, 0.6) is 0 Å². The Bertz CT molecular complexity index is 1060. The van der Waals surface area contributed by atoms with E-state index >= 15 is 0 Å². The highest BCUT2D eigenvalue weighted by Gasteiger charge is 2.10. The molecule has 1 heterocycles. The molecular formula is C23H23N3O2. The van der Waals surface area contributed by atoms with Crippen LogP contribution in [0, 0.1) is 0 Å². The second kappa shape index (κ2) is 8.39. The van der Waals surface area contributed by atoms with Crippen molar-refractivity contribution >= 4 is 23.4 Å². The van der Waals surface area contributed by atoms with Gasteiger partial charge in [0, 0.05) is 44.8 Å². The summed E-state index contributed by atoms with van der Waals surface area (Å²) < 4.78 is 0. The predicted octanol–water partition coefficient (Wildman–Crippen LogP) is 2.05. The quantitative estimate of drug-likeness (QED) is 0.717. The lowest BCUT2D eigenvalue weighted by molar-refractivity contribution is 0.0696. The monoisotopic (exact) mass is 373 g/mol. The van der Waals surface area contributed by atoms with Gasteiger partial charge in [0.1, 0.15) is 0 Å². The first-order chi connectivity index (χ1) is 13.5. The third-order valence-electron chi connectivity index (χ3n) is 4.45. The number of pyridine rings is 1. The van der Waals surface area contributed by atoms with Crippen molar-refractivity contribution in [1.82, 2.24) is 10.3 Å². The van der Waals surface area contributed by atoms with E-state index in [9.17, 15) is 4.79 Å². The molecule has 0 bridgehead atoms. The van der Waals surface area contributed by atoms with Crippen LogP contribution in [-0.4, -0.2) is 37.2 Å². The molecule has 5 nitrogen and oxygen atoms in total. The number of anilines is 1. The number of carbonyl (C=O) groups is 1. The zero-order valence-corrected chi connectivity index (χ0v) is 16.2. The number of rotatable bonds is 5. The molecule has 2 aromatic carbocycles. The fourth-order valence-corrected chi connectivity index (χ4v) is 2.97. The van der Waals surface area contributed by atoms with Crippen molar-refractivity contribution in [3.05, 3.63) is 94.1 Å². The highest BCUT2D eigenvalue weighted by molar-refractivity contribution is 5.88. The van der Waals surface area contributed by atoms with Crippen LogP contribution in [0.1, 0.15) is 21.6 Å². The van der Waals surface area contributed by atoms with Crippen LogP contribution in [0.4, 0.5) is 5.69 Å². The molecule has 0 atom stereocenters. The summed E-state index contributed by atoms with van der Waals surface area (Å²) in [7, 11) is 5.87. The van der Waals surface area contributed by atoms with Gasteiger partial charge in [-0.1, -0.05) is 36.4 Å². The van der Waals surface area contributed by atoms with E-state index in [1.807, 2.05) is 56.5 Å². The number of aromatic nitrogens is 1. The Labute approximate surface area is 164 Å². The first kappa shape index (κ1) is 19.2. The van der Waals surface area contributed by atoms with Gasteiger partial charge in [0.2, 0.25) is 0 Å². The fourth-order valence-electron chi connectivity index (χ4n) is 2.97. The highest BCUT2D eigenvalue weighted by atomic mass is 16.4. The minimum absolute atomic E-state index is 0.171. The first-order valence-electron chi connectivity index (χ1n) is 8.95. The van der Waals surface area contributed by atoms with Gasteiger partial charge in [-0.25, -0.2) is 4.79 Å². The molecule has 3 rings (SSSR count). The lowest BCUT2D eigenvalue weighted by atomic mass is 9.98. The summed E-state index contributed by atoms with van der Waals surface area (Å²) in [4.78, 5) is 17.6. The third kappa shape index (κ3) is 4.20. The molecule has 0 amide bonds. The molecule has 0 fully saturated rings. The standard InChI is InChI=1S/C23H23N3O2/c1-24-14-16-4-6-17(7-5-16)22(18-8-11-20(12-9-18)26(2)3)21-13-10-19(15-25-21)23(27)28/h4-15,24H,1-3H3,(H,27,28). The summed E-state index contributed by atoms with van der Waals surface area (Å²) >= 11 is 0. The van der Waals surface area contributed by atoms with E-state index in [4.69, 9.17) is 5.11 Å². The molecule has 0 radical (unpaired) electrons. The second-order valence-corrected chi connectivity index (χ2v) is 6.61. The third-order valence-corrected chi connectivity index (χ3v) is 4.45. The van der Waals surface area contributed by atoms with Gasteiger partial charge in [0.25, 0.3) is 0 Å². The molecule has 28 heavy (non-hydrogen) atoms. The van der Waals surface area contributed by atoms with Crippen molar-refractivity contribution in [2.24, 2.45) is 0 Å². The first-order valence-corrected chi connectivity index (χ1v) is 8.95. The molecule has 3 aromatic rings. The van der Waals surface area contributed by atoms with E-state index in [1.54, 1.807) is 12.1 Å². The molecule has 0 aliphatic carbocycles. The summed E-state index contributed by atoms with van der Waals surface area (Å²) in [6.07, 6.45) is 3.32. The van der Waals surface area contributed by atoms with Crippen molar-refractivity contribution in [2.45, 2.75) is 0 Å². The van der Waals surface area contributed by atoms with E-state index in [1.165, 1.54) is 6.20 Å². The van der Waals surface area contributed by atoms with Crippen molar-refractivity contribution in [3.63, 3.8) is 0 Å². The van der Waals surface area contributed by atoms with Crippen molar-refractivity contribution in [3.8, 4) is 0 Å². The van der Waals surface area contributed by atoms with Crippen LogP contribution in [0.2, 0.25) is 0 Å². The van der Waals surface area contributed by atoms with Crippen molar-refractivity contribution in [1.29, 1.82) is 0 Å². The molecule has 0 unspecified atom stereocenters. The normalized spacial score (nSPS) is 10.2. The van der Waals surface area contributed by atoms with Crippen LogP contribution >= 0.6 is 0 Å². The van der Waals surface area contributed by atoms with Crippen molar-refractivity contribution in [2.75, 3.05) is 26.0 Å². The fraction of sp³-hybridized carbons (Fsp3) is 0.130. The van der Waals surface area contributed by atoms with Gasteiger partial charge in [0.05, 0.1) is 11.3 Å². The summed E-state index contributed by atoms with van der Waals surface area (Å²) in [6, 6.07) is 19.7. The maximum atomic E-state index is 11.2. The van der Waals surface area contributed by atoms with Gasteiger partial charge >= 0.3 is 5.97 Å². The molecule has 0 aliphatic heterocycles. The lowest BCUT2D eigenvalue weighted by Gasteiger charge is -2.14. The molecule has 2 N–H and O–H groups in total. The van der Waals surface area contributed by atoms with E-state index in [0.717, 1.165) is 33.0 Å². The summed E-state index contributed by atoms with van der Waals surface area (Å²) in [6.45, 7) is 0. The Hall–Kier alpha value is -3.60. The van der Waals surface area contributed by atoms with E-state index in [-0.39, 0.29) is 5.56 Å². The number of nitrogens with one attached hydrogen (secondary N) is 1. The van der Waals surface area contributed by atoms with Gasteiger partial charge in [-0.3, -0.25) is 4.98 Å². The molecule has 5 heteroatoms. The minimum atomic E-state index is -0.983. The molecule has 142 valence electrons. The molecule has 0 saturated heterocycles. The SMILES string of the molecule is CNC=c1ccc(=C(c2ccc(N(C)C)cc2)c2ccc(C(=O)O)cn2)cc1. The summed E-state index contributed by atoms with van der Waals surface area (Å²) in [5.74, 6) is -0.983. The van der Waals surface area contributed by atoms with E-state index in [0.29, 0.717) is 0 Å². The van der Waals surface area contributed by atoms with Gasteiger partial charge in [0.15, 0.2) is 0 Å². The highest BCUT2D eigenvalue weighted by Crippen LogP contribution is 2.22. The average molecular weight is 373 g/mol. The van der Waals surface area contributed by atoms with Crippen molar-refractivity contribution < 1.29 is 9.90 Å². The van der Waals surface area contributed by atoms with Gasteiger partial charge in [-0.05, 0) is 40.3 Å². The molecular weight excluding hydrogens is 350 g/mol.